The summed E-state index contributed by atoms with van der Waals surface area (Å²) in [5.41, 5.74) is 0.621. The van der Waals surface area contributed by atoms with Crippen molar-refractivity contribution in [3.63, 3.8) is 0 Å². The van der Waals surface area contributed by atoms with Gasteiger partial charge in [0.25, 0.3) is 0 Å². The molecule has 1 aromatic rings. The van der Waals surface area contributed by atoms with Crippen LogP contribution in [0.25, 0.3) is 0 Å². The number of aliphatic hydroxyl groups is 1. The van der Waals surface area contributed by atoms with Gasteiger partial charge in [-0.15, -0.1) is 0 Å². The summed E-state index contributed by atoms with van der Waals surface area (Å²) < 4.78 is 47.2. The van der Waals surface area contributed by atoms with Crippen LogP contribution in [0.15, 0.2) is 18.2 Å². The summed E-state index contributed by atoms with van der Waals surface area (Å²) in [5, 5.41) is 10.1. The molecular formula is C16H23F3N2O3. The van der Waals surface area contributed by atoms with Gasteiger partial charge in [-0.05, 0) is 24.7 Å². The summed E-state index contributed by atoms with van der Waals surface area (Å²) in [6.45, 7) is 1.28. The number of hydrogen-bond acceptors (Lipinski definition) is 5. The first-order valence-corrected chi connectivity index (χ1v) is 7.84. The number of benzene rings is 1. The summed E-state index contributed by atoms with van der Waals surface area (Å²) in [4.78, 5) is 3.99. The monoisotopic (exact) mass is 348 g/mol. The van der Waals surface area contributed by atoms with E-state index in [2.05, 4.69) is 9.64 Å². The second-order valence-corrected chi connectivity index (χ2v) is 5.91. The van der Waals surface area contributed by atoms with Crippen molar-refractivity contribution in [2.75, 3.05) is 46.4 Å². The lowest BCUT2D eigenvalue weighted by molar-refractivity contribution is -0.0522. The molecule has 1 unspecified atom stereocenters. The molecule has 0 saturated carbocycles. The lowest BCUT2D eigenvalue weighted by Crippen LogP contribution is -2.43. The van der Waals surface area contributed by atoms with E-state index in [4.69, 9.17) is 4.74 Å². The van der Waals surface area contributed by atoms with E-state index in [9.17, 15) is 18.3 Å². The lowest BCUT2D eigenvalue weighted by Gasteiger charge is -2.30. The number of rotatable bonds is 8. The van der Waals surface area contributed by atoms with Crippen LogP contribution in [0.4, 0.5) is 13.2 Å². The molecular weight excluding hydrogens is 325 g/mol. The van der Waals surface area contributed by atoms with Crippen LogP contribution in [-0.2, 0) is 11.3 Å². The Kier molecular flexibility index (Phi) is 7.29. The molecule has 1 atom stereocenters. The maximum Gasteiger partial charge on any atom is 0.387 e. The van der Waals surface area contributed by atoms with Gasteiger partial charge in [-0.2, -0.15) is 8.78 Å². The summed E-state index contributed by atoms with van der Waals surface area (Å²) >= 11 is 0. The van der Waals surface area contributed by atoms with Crippen molar-refractivity contribution in [2.45, 2.75) is 19.3 Å². The number of nitrogens with zero attached hydrogens (tertiary/aromatic N) is 2. The van der Waals surface area contributed by atoms with Gasteiger partial charge in [-0.3, -0.25) is 9.80 Å². The highest BCUT2D eigenvalue weighted by atomic mass is 19.3. The second-order valence-electron chi connectivity index (χ2n) is 5.91. The zero-order chi connectivity index (χ0) is 17.5. The second kappa shape index (κ2) is 9.22. The maximum absolute atomic E-state index is 13.7. The fraction of sp³-hybridized carbons (Fsp3) is 0.625. The molecule has 0 bridgehead atoms. The van der Waals surface area contributed by atoms with Gasteiger partial charge in [0.1, 0.15) is 0 Å². The van der Waals surface area contributed by atoms with Crippen molar-refractivity contribution in [1.29, 1.82) is 0 Å². The fourth-order valence-electron chi connectivity index (χ4n) is 2.71. The molecule has 0 aliphatic carbocycles. The summed E-state index contributed by atoms with van der Waals surface area (Å²) in [7, 11) is 1.81. The first-order chi connectivity index (χ1) is 11.4. The standard InChI is InChI=1S/C16H23F3N2O3/c1-20(10-13(22)11-21-4-6-23-7-5-21)9-12-2-3-15(14(17)8-12)24-16(18)19/h2-3,8,13,16,22H,4-7,9-11H2,1H3. The Morgan fingerprint density at radius 1 is 1.33 bits per heavy atom. The van der Waals surface area contributed by atoms with Crippen molar-refractivity contribution < 1.29 is 27.8 Å². The molecule has 24 heavy (non-hydrogen) atoms. The van der Waals surface area contributed by atoms with Crippen LogP contribution in [0, 0.1) is 5.82 Å². The van der Waals surface area contributed by atoms with E-state index in [1.165, 1.54) is 18.2 Å². The van der Waals surface area contributed by atoms with E-state index >= 15 is 0 Å². The van der Waals surface area contributed by atoms with Crippen molar-refractivity contribution in [3.8, 4) is 5.75 Å². The van der Waals surface area contributed by atoms with E-state index in [-0.39, 0.29) is 0 Å². The average Bonchev–Trinajstić information content (AvgIpc) is 2.50. The third-order valence-corrected chi connectivity index (χ3v) is 3.76. The summed E-state index contributed by atoms with van der Waals surface area (Å²) in [6.07, 6.45) is -0.528. The molecule has 1 heterocycles. The molecule has 8 heteroatoms. The highest BCUT2D eigenvalue weighted by molar-refractivity contribution is 5.29. The van der Waals surface area contributed by atoms with E-state index in [0.717, 1.165) is 13.1 Å². The Balaban J connectivity index is 1.80. The van der Waals surface area contributed by atoms with Gasteiger partial charge >= 0.3 is 6.61 Å². The fourth-order valence-corrected chi connectivity index (χ4v) is 2.71. The summed E-state index contributed by atoms with van der Waals surface area (Å²) in [6, 6.07) is 3.89. The van der Waals surface area contributed by atoms with E-state index < -0.39 is 24.3 Å². The topological polar surface area (TPSA) is 45.2 Å². The Bertz CT molecular complexity index is 513. The average molecular weight is 348 g/mol. The van der Waals surface area contributed by atoms with Crippen LogP contribution in [0.3, 0.4) is 0 Å². The van der Waals surface area contributed by atoms with Crippen LogP contribution in [0.5, 0.6) is 5.75 Å². The Morgan fingerprint density at radius 3 is 2.67 bits per heavy atom. The minimum absolute atomic E-state index is 0.395. The van der Waals surface area contributed by atoms with Crippen molar-refractivity contribution >= 4 is 0 Å². The van der Waals surface area contributed by atoms with Gasteiger partial charge in [0, 0.05) is 32.7 Å². The molecule has 1 aromatic carbocycles. The molecule has 1 aliphatic rings. The Morgan fingerprint density at radius 2 is 2.04 bits per heavy atom. The van der Waals surface area contributed by atoms with Gasteiger partial charge in [0.15, 0.2) is 11.6 Å². The molecule has 0 spiro atoms. The van der Waals surface area contributed by atoms with Gasteiger partial charge in [-0.1, -0.05) is 6.07 Å². The molecule has 0 aromatic heterocycles. The Labute approximate surface area is 139 Å². The van der Waals surface area contributed by atoms with E-state index in [1.54, 1.807) is 0 Å². The molecule has 1 fully saturated rings. The zero-order valence-corrected chi connectivity index (χ0v) is 13.6. The predicted molar refractivity (Wildman–Crippen MR) is 82.6 cm³/mol. The first kappa shape index (κ1) is 19.0. The SMILES string of the molecule is CN(Cc1ccc(OC(F)F)c(F)c1)CC(O)CN1CCOCC1. The Hall–Kier alpha value is -1.35. The number of ether oxygens (including phenoxy) is 2. The normalized spacial score (nSPS) is 17.5. The third-order valence-electron chi connectivity index (χ3n) is 3.76. The number of β-amino-alcohol motifs (C(OH)–C–C–N with tert-alkyl or cyclic N) is 1. The minimum atomic E-state index is -3.05. The van der Waals surface area contributed by atoms with Crippen LogP contribution >= 0.6 is 0 Å². The van der Waals surface area contributed by atoms with Crippen LogP contribution in [-0.4, -0.2) is 74.1 Å². The first-order valence-electron chi connectivity index (χ1n) is 7.84. The molecule has 1 saturated heterocycles. The van der Waals surface area contributed by atoms with Crippen LogP contribution in [0.2, 0.25) is 0 Å². The number of likely N-dealkylation sites (N-methyl/N-ethyl adjacent to an activating group) is 1. The number of morpholine rings is 1. The molecule has 5 nitrogen and oxygen atoms in total. The smallest absolute Gasteiger partial charge is 0.387 e. The quantitative estimate of drug-likeness (QED) is 0.772. The minimum Gasteiger partial charge on any atom is -0.432 e. The zero-order valence-electron chi connectivity index (χ0n) is 13.6. The van der Waals surface area contributed by atoms with Gasteiger partial charge in [0.2, 0.25) is 0 Å². The number of hydrogen-bond donors (Lipinski definition) is 1. The molecule has 0 radical (unpaired) electrons. The summed E-state index contributed by atoms with van der Waals surface area (Å²) in [5.74, 6) is -1.29. The van der Waals surface area contributed by atoms with Crippen LogP contribution in [0.1, 0.15) is 5.56 Å². The van der Waals surface area contributed by atoms with E-state index in [0.29, 0.717) is 38.4 Å². The molecule has 1 aliphatic heterocycles. The van der Waals surface area contributed by atoms with Crippen molar-refractivity contribution in [2.24, 2.45) is 0 Å². The van der Waals surface area contributed by atoms with Crippen LogP contribution < -0.4 is 4.74 Å². The van der Waals surface area contributed by atoms with Gasteiger partial charge < -0.3 is 14.6 Å². The van der Waals surface area contributed by atoms with Gasteiger partial charge in [0.05, 0.1) is 19.3 Å². The predicted octanol–water partition coefficient (Wildman–Crippen LogP) is 1.55. The third kappa shape index (κ3) is 6.27. The highest BCUT2D eigenvalue weighted by Crippen LogP contribution is 2.21. The van der Waals surface area contributed by atoms with Gasteiger partial charge in [-0.25, -0.2) is 4.39 Å². The molecule has 136 valence electrons. The molecule has 2 rings (SSSR count). The largest absolute Gasteiger partial charge is 0.432 e. The number of alkyl halides is 2. The molecule has 0 amide bonds. The number of aliphatic hydroxyl groups excluding tert-OH is 1. The van der Waals surface area contributed by atoms with Crippen molar-refractivity contribution in [1.82, 2.24) is 9.80 Å². The lowest BCUT2D eigenvalue weighted by atomic mass is 10.2. The van der Waals surface area contributed by atoms with Crippen molar-refractivity contribution in [3.05, 3.63) is 29.6 Å². The molecule has 1 N–H and O–H groups in total. The maximum atomic E-state index is 13.7. The number of halogens is 3. The highest BCUT2D eigenvalue weighted by Gasteiger charge is 2.17. The van der Waals surface area contributed by atoms with E-state index in [1.807, 2.05) is 11.9 Å².